The van der Waals surface area contributed by atoms with Crippen molar-refractivity contribution >= 4 is 39.3 Å². The van der Waals surface area contributed by atoms with E-state index in [-0.39, 0.29) is 5.75 Å². The van der Waals surface area contributed by atoms with Crippen molar-refractivity contribution in [3.05, 3.63) is 0 Å². The van der Waals surface area contributed by atoms with Crippen LogP contribution in [0.2, 0.25) is 0 Å². The number of aliphatic hydroxyl groups excluding tert-OH is 1. The Morgan fingerprint density at radius 1 is 1.00 bits per heavy atom. The van der Waals surface area contributed by atoms with Gasteiger partial charge in [-0.15, -0.1) is 0 Å². The topological polar surface area (TPSA) is 190 Å². The van der Waals surface area contributed by atoms with Gasteiger partial charge >= 0.3 is 11.9 Å². The van der Waals surface area contributed by atoms with E-state index in [1.54, 1.807) is 0 Å². The zero-order valence-electron chi connectivity index (χ0n) is 10.3. The molecule has 0 spiro atoms. The van der Waals surface area contributed by atoms with Crippen LogP contribution in [0.3, 0.4) is 0 Å². The molecule has 0 heterocycles. The monoisotopic (exact) mass is 327 g/mol. The predicted molar refractivity (Wildman–Crippen MR) is 75.1 cm³/mol. The summed E-state index contributed by atoms with van der Waals surface area (Å²) in [5.74, 6) is -3.37. The quantitative estimate of drug-likeness (QED) is 0.231. The van der Waals surface area contributed by atoms with Crippen molar-refractivity contribution in [2.75, 3.05) is 12.4 Å². The molecule has 0 radical (unpaired) electrons. The molecule has 1 unspecified atom stereocenters. The van der Waals surface area contributed by atoms with E-state index in [0.29, 0.717) is 0 Å². The second kappa shape index (κ2) is 9.15. The third-order valence-electron chi connectivity index (χ3n) is 2.19. The van der Waals surface area contributed by atoms with Crippen LogP contribution >= 0.6 is 21.6 Å². The number of carbonyl (C=O) groups is 3. The maximum atomic E-state index is 11.8. The van der Waals surface area contributed by atoms with Gasteiger partial charge in [-0.3, -0.25) is 14.4 Å². The van der Waals surface area contributed by atoms with E-state index in [1.165, 1.54) is 0 Å². The Bertz CT molecular complexity index is 370. The number of aliphatic hydroxyl groups is 1. The van der Waals surface area contributed by atoms with Crippen LogP contribution in [0.5, 0.6) is 0 Å². The number of aliphatic carboxylic acids is 2. The van der Waals surface area contributed by atoms with Crippen molar-refractivity contribution in [1.82, 2.24) is 0 Å². The molecule has 9 N–H and O–H groups in total. The number of carboxylic acid groups (broad SMARTS) is 2. The van der Waals surface area contributed by atoms with Crippen molar-refractivity contribution in [2.45, 2.75) is 23.4 Å². The number of ketones is 1. The van der Waals surface area contributed by atoms with Gasteiger partial charge < -0.3 is 32.5 Å². The molecule has 11 heteroatoms. The summed E-state index contributed by atoms with van der Waals surface area (Å²) in [6, 6.07) is -3.90. The number of carboxylic acids is 2. The van der Waals surface area contributed by atoms with E-state index < -0.39 is 47.7 Å². The Labute approximate surface area is 122 Å². The molecule has 0 saturated carbocycles. The molecule has 0 aromatic rings. The van der Waals surface area contributed by atoms with Crippen LogP contribution < -0.4 is 17.2 Å². The van der Waals surface area contributed by atoms with Crippen LogP contribution in [0.1, 0.15) is 0 Å². The minimum atomic E-state index is -1.52. The first-order chi connectivity index (χ1) is 9.22. The van der Waals surface area contributed by atoms with Crippen LogP contribution in [-0.2, 0) is 14.4 Å². The standard InChI is InChI=1S/C9H17N3O6S2/c10-3(1-13)6(14)7(5(12)9(17)18)20-19-2-4(11)8(15)16/h3-5,7,13H,1-2,10-12H2,(H,15,16)(H,17,18)/t3-,4-,5-,7?/m0/s1. The fraction of sp³-hybridized carbons (Fsp3) is 0.667. The lowest BCUT2D eigenvalue weighted by molar-refractivity contribution is -0.140. The Hall–Kier alpha value is -0.850. The normalized spacial score (nSPS) is 17.0. The lowest BCUT2D eigenvalue weighted by Gasteiger charge is -2.21. The summed E-state index contributed by atoms with van der Waals surface area (Å²) in [5, 5.41) is 25.0. The van der Waals surface area contributed by atoms with Crippen LogP contribution in [0, 0.1) is 0 Å². The highest BCUT2D eigenvalue weighted by Crippen LogP contribution is 2.30. The Morgan fingerprint density at radius 2 is 1.55 bits per heavy atom. The maximum absolute atomic E-state index is 11.8. The SMILES string of the molecule is N[C@H](C(=O)O)C(SSC[C@H](N)C(=O)O)C(=O)[C@@H](N)CO. The first-order valence-corrected chi connectivity index (χ1v) is 7.75. The first-order valence-electron chi connectivity index (χ1n) is 5.37. The molecule has 20 heavy (non-hydrogen) atoms. The molecule has 116 valence electrons. The van der Waals surface area contributed by atoms with Gasteiger partial charge in [-0.2, -0.15) is 0 Å². The summed E-state index contributed by atoms with van der Waals surface area (Å²) in [7, 11) is 1.69. The predicted octanol–water partition coefficient (Wildman–Crippen LogP) is -2.55. The molecular formula is C9H17N3O6S2. The van der Waals surface area contributed by atoms with E-state index in [0.717, 1.165) is 21.6 Å². The molecule has 0 aromatic heterocycles. The van der Waals surface area contributed by atoms with Crippen molar-refractivity contribution in [3.63, 3.8) is 0 Å². The second-order valence-corrected chi connectivity index (χ2v) is 6.36. The number of carbonyl (C=O) groups excluding carboxylic acids is 1. The minimum absolute atomic E-state index is 0.0372. The van der Waals surface area contributed by atoms with Crippen LogP contribution in [0.15, 0.2) is 0 Å². The smallest absolute Gasteiger partial charge is 0.322 e. The highest BCUT2D eigenvalue weighted by Gasteiger charge is 2.34. The van der Waals surface area contributed by atoms with Crippen molar-refractivity contribution in [2.24, 2.45) is 17.2 Å². The Morgan fingerprint density at radius 3 is 1.95 bits per heavy atom. The summed E-state index contributed by atoms with van der Waals surface area (Å²) in [5.41, 5.74) is 16.0. The molecule has 0 amide bonds. The van der Waals surface area contributed by atoms with Gasteiger partial charge in [0.15, 0.2) is 5.78 Å². The molecule has 0 aliphatic heterocycles. The number of rotatable bonds is 10. The molecule has 0 aliphatic rings. The average molecular weight is 327 g/mol. The van der Waals surface area contributed by atoms with Crippen LogP contribution in [0.25, 0.3) is 0 Å². The van der Waals surface area contributed by atoms with E-state index in [2.05, 4.69) is 0 Å². The van der Waals surface area contributed by atoms with Gasteiger partial charge in [-0.1, -0.05) is 21.6 Å². The fourth-order valence-electron chi connectivity index (χ4n) is 0.972. The van der Waals surface area contributed by atoms with Gasteiger partial charge in [0.1, 0.15) is 17.3 Å². The molecular weight excluding hydrogens is 310 g/mol. The highest BCUT2D eigenvalue weighted by atomic mass is 33.1. The Kier molecular flexibility index (Phi) is 8.76. The number of hydrogen-bond acceptors (Lipinski definition) is 9. The summed E-state index contributed by atoms with van der Waals surface area (Å²) < 4.78 is 0. The van der Waals surface area contributed by atoms with Crippen molar-refractivity contribution in [3.8, 4) is 0 Å². The van der Waals surface area contributed by atoms with Crippen molar-refractivity contribution in [1.29, 1.82) is 0 Å². The number of hydrogen-bond donors (Lipinski definition) is 6. The highest BCUT2D eigenvalue weighted by molar-refractivity contribution is 8.77. The molecule has 0 aromatic carbocycles. The largest absolute Gasteiger partial charge is 0.480 e. The lowest BCUT2D eigenvalue weighted by atomic mass is 10.1. The van der Waals surface area contributed by atoms with Gasteiger partial charge in [0.2, 0.25) is 0 Å². The number of Topliss-reactive ketones (excluding diaryl/α,β-unsaturated/α-hetero) is 1. The summed E-state index contributed by atoms with van der Waals surface area (Å²) in [6.45, 7) is -0.637. The fourth-order valence-corrected chi connectivity index (χ4v) is 3.75. The molecule has 0 aliphatic carbocycles. The first kappa shape index (κ1) is 19.1. The summed E-state index contributed by atoms with van der Waals surface area (Å²) in [4.78, 5) is 33.2. The van der Waals surface area contributed by atoms with Crippen LogP contribution in [0.4, 0.5) is 0 Å². The van der Waals surface area contributed by atoms with Crippen LogP contribution in [-0.4, -0.2) is 68.8 Å². The zero-order valence-corrected chi connectivity index (χ0v) is 12.0. The van der Waals surface area contributed by atoms with Gasteiger partial charge in [0, 0.05) is 5.75 Å². The number of nitrogens with two attached hydrogens (primary N) is 3. The van der Waals surface area contributed by atoms with Gasteiger partial charge in [0.05, 0.1) is 12.6 Å². The molecule has 0 bridgehead atoms. The summed E-state index contributed by atoms with van der Waals surface area (Å²) in [6.07, 6.45) is 0. The van der Waals surface area contributed by atoms with Gasteiger partial charge in [-0.05, 0) is 0 Å². The zero-order chi connectivity index (χ0) is 15.9. The third kappa shape index (κ3) is 6.07. The molecule has 4 atom stereocenters. The maximum Gasteiger partial charge on any atom is 0.322 e. The van der Waals surface area contributed by atoms with E-state index in [4.69, 9.17) is 32.5 Å². The molecule has 9 nitrogen and oxygen atoms in total. The summed E-state index contributed by atoms with van der Waals surface area (Å²) >= 11 is 0. The van der Waals surface area contributed by atoms with E-state index in [1.807, 2.05) is 0 Å². The lowest BCUT2D eigenvalue weighted by Crippen LogP contribution is -2.50. The molecule has 0 rings (SSSR count). The second-order valence-electron chi connectivity index (χ2n) is 3.80. The average Bonchev–Trinajstić information content (AvgIpc) is 2.40. The third-order valence-corrected chi connectivity index (χ3v) is 4.99. The minimum Gasteiger partial charge on any atom is -0.480 e. The molecule has 0 saturated heterocycles. The van der Waals surface area contributed by atoms with Gasteiger partial charge in [0.25, 0.3) is 0 Å². The van der Waals surface area contributed by atoms with Gasteiger partial charge in [-0.25, -0.2) is 0 Å². The Balaban J connectivity index is 4.67. The molecule has 0 fully saturated rings. The van der Waals surface area contributed by atoms with Crippen molar-refractivity contribution < 1.29 is 29.7 Å². The van der Waals surface area contributed by atoms with E-state index >= 15 is 0 Å². The van der Waals surface area contributed by atoms with E-state index in [9.17, 15) is 14.4 Å².